The Morgan fingerprint density at radius 1 is 1.00 bits per heavy atom. The van der Waals surface area contributed by atoms with E-state index < -0.39 is 5.97 Å². The lowest BCUT2D eigenvalue weighted by Gasteiger charge is -2.18. The fourth-order valence-electron chi connectivity index (χ4n) is 2.01. The molecule has 0 aromatic heterocycles. The summed E-state index contributed by atoms with van der Waals surface area (Å²) in [5.41, 5.74) is 1.79. The van der Waals surface area contributed by atoms with Gasteiger partial charge in [-0.15, -0.1) is 0 Å². The lowest BCUT2D eigenvalue weighted by molar-refractivity contribution is -0.241. The first kappa shape index (κ1) is 17.7. The Kier molecular flexibility index (Phi) is 7.44. The molecule has 0 aliphatic heterocycles. The molecule has 1 aromatic rings. The number of hydrogen-bond acceptors (Lipinski definition) is 3. The summed E-state index contributed by atoms with van der Waals surface area (Å²) in [5, 5.41) is 0. The first-order valence-electron chi connectivity index (χ1n) is 7.89. The number of carbonyl (C=O) groups is 1. The van der Waals surface area contributed by atoms with E-state index >= 15 is 0 Å². The van der Waals surface area contributed by atoms with Gasteiger partial charge < -0.3 is 0 Å². The molecule has 0 N–H and O–H groups in total. The molecule has 0 amide bonds. The Morgan fingerprint density at radius 2 is 1.62 bits per heavy atom. The highest BCUT2D eigenvalue weighted by molar-refractivity contribution is 5.88. The SMILES string of the molecule is CCCCCCCOOC(=O)c1ccc(C(C)(C)C)cc1. The summed E-state index contributed by atoms with van der Waals surface area (Å²) in [7, 11) is 0. The van der Waals surface area contributed by atoms with Crippen molar-refractivity contribution >= 4 is 5.97 Å². The number of unbranched alkanes of at least 4 members (excludes halogenated alkanes) is 4. The predicted molar refractivity (Wildman–Crippen MR) is 85.3 cm³/mol. The topological polar surface area (TPSA) is 35.5 Å². The van der Waals surface area contributed by atoms with Crippen LogP contribution in [0.25, 0.3) is 0 Å². The molecule has 0 saturated heterocycles. The van der Waals surface area contributed by atoms with E-state index in [-0.39, 0.29) is 5.41 Å². The summed E-state index contributed by atoms with van der Waals surface area (Å²) < 4.78 is 0. The van der Waals surface area contributed by atoms with Crippen molar-refractivity contribution in [3.63, 3.8) is 0 Å². The van der Waals surface area contributed by atoms with Gasteiger partial charge in [-0.25, -0.2) is 4.79 Å². The van der Waals surface area contributed by atoms with Gasteiger partial charge in [0.2, 0.25) is 0 Å². The summed E-state index contributed by atoms with van der Waals surface area (Å²) in [6, 6.07) is 7.49. The average molecular weight is 292 g/mol. The van der Waals surface area contributed by atoms with E-state index in [1.165, 1.54) is 24.8 Å². The van der Waals surface area contributed by atoms with Gasteiger partial charge in [-0.2, -0.15) is 4.89 Å². The van der Waals surface area contributed by atoms with Gasteiger partial charge >= 0.3 is 5.97 Å². The molecule has 0 unspecified atom stereocenters. The van der Waals surface area contributed by atoms with Crippen LogP contribution in [0.15, 0.2) is 24.3 Å². The minimum Gasteiger partial charge on any atom is -0.293 e. The summed E-state index contributed by atoms with van der Waals surface area (Å²) in [5.74, 6) is -0.427. The van der Waals surface area contributed by atoms with Crippen LogP contribution in [0.4, 0.5) is 0 Å². The first-order valence-corrected chi connectivity index (χ1v) is 7.89. The first-order chi connectivity index (χ1) is 9.95. The van der Waals surface area contributed by atoms with Gasteiger partial charge in [0.1, 0.15) is 0 Å². The summed E-state index contributed by atoms with van der Waals surface area (Å²) in [6.07, 6.45) is 5.73. The van der Waals surface area contributed by atoms with Crippen LogP contribution in [-0.4, -0.2) is 12.6 Å². The minimum absolute atomic E-state index is 0.0808. The van der Waals surface area contributed by atoms with Crippen LogP contribution in [0.2, 0.25) is 0 Å². The van der Waals surface area contributed by atoms with E-state index in [0.717, 1.165) is 12.8 Å². The Morgan fingerprint density at radius 3 is 2.19 bits per heavy atom. The molecule has 21 heavy (non-hydrogen) atoms. The Bertz CT molecular complexity index is 415. The normalized spacial score (nSPS) is 11.4. The van der Waals surface area contributed by atoms with Crippen molar-refractivity contribution in [2.45, 2.75) is 65.2 Å². The highest BCUT2D eigenvalue weighted by Gasteiger charge is 2.15. The van der Waals surface area contributed by atoms with Crippen LogP contribution in [0, 0.1) is 0 Å². The molecule has 1 aromatic carbocycles. The van der Waals surface area contributed by atoms with E-state index in [1.807, 2.05) is 12.1 Å². The van der Waals surface area contributed by atoms with Crippen molar-refractivity contribution in [2.24, 2.45) is 0 Å². The molecule has 0 fully saturated rings. The molecule has 0 aliphatic carbocycles. The van der Waals surface area contributed by atoms with Gasteiger partial charge in [0, 0.05) is 0 Å². The fourth-order valence-corrected chi connectivity index (χ4v) is 2.01. The zero-order valence-electron chi connectivity index (χ0n) is 13.8. The summed E-state index contributed by atoms with van der Waals surface area (Å²) >= 11 is 0. The van der Waals surface area contributed by atoms with Crippen molar-refractivity contribution in [3.05, 3.63) is 35.4 Å². The Labute approximate surface area is 128 Å². The molecule has 3 heteroatoms. The lowest BCUT2D eigenvalue weighted by atomic mass is 9.87. The largest absolute Gasteiger partial charge is 0.373 e. The highest BCUT2D eigenvalue weighted by atomic mass is 17.2. The monoisotopic (exact) mass is 292 g/mol. The Hall–Kier alpha value is -1.35. The van der Waals surface area contributed by atoms with Crippen LogP contribution in [-0.2, 0) is 15.2 Å². The molecule has 0 spiro atoms. The molecule has 1 rings (SSSR count). The molecule has 3 nitrogen and oxygen atoms in total. The zero-order chi connectivity index (χ0) is 15.7. The molecule has 0 aliphatic rings. The van der Waals surface area contributed by atoms with E-state index in [0.29, 0.717) is 12.2 Å². The zero-order valence-corrected chi connectivity index (χ0v) is 13.8. The van der Waals surface area contributed by atoms with Crippen LogP contribution in [0.1, 0.15) is 75.7 Å². The molecular weight excluding hydrogens is 264 g/mol. The van der Waals surface area contributed by atoms with Crippen molar-refractivity contribution in [1.82, 2.24) is 0 Å². The molecule has 0 radical (unpaired) electrons. The second kappa shape index (κ2) is 8.83. The van der Waals surface area contributed by atoms with Crippen molar-refractivity contribution < 1.29 is 14.6 Å². The van der Waals surface area contributed by atoms with Crippen LogP contribution < -0.4 is 0 Å². The van der Waals surface area contributed by atoms with Gasteiger partial charge in [0.25, 0.3) is 0 Å². The molecule has 0 saturated carbocycles. The lowest BCUT2D eigenvalue weighted by Crippen LogP contribution is -2.12. The summed E-state index contributed by atoms with van der Waals surface area (Å²) in [6.45, 7) is 9.07. The molecule has 0 heterocycles. The maximum absolute atomic E-state index is 11.8. The maximum Gasteiger partial charge on any atom is 0.373 e. The predicted octanol–water partition coefficient (Wildman–Crippen LogP) is 5.04. The second-order valence-electron chi connectivity index (χ2n) is 6.43. The highest BCUT2D eigenvalue weighted by Crippen LogP contribution is 2.22. The number of carbonyl (C=O) groups excluding carboxylic acids is 1. The van der Waals surface area contributed by atoms with Gasteiger partial charge in [-0.05, 0) is 29.5 Å². The Balaban J connectivity index is 2.29. The van der Waals surface area contributed by atoms with E-state index in [9.17, 15) is 4.79 Å². The average Bonchev–Trinajstić information content (AvgIpc) is 2.45. The van der Waals surface area contributed by atoms with Gasteiger partial charge in [-0.1, -0.05) is 65.5 Å². The molecule has 0 bridgehead atoms. The van der Waals surface area contributed by atoms with Gasteiger partial charge in [-0.3, -0.25) is 4.89 Å². The van der Waals surface area contributed by atoms with Crippen molar-refractivity contribution in [1.29, 1.82) is 0 Å². The van der Waals surface area contributed by atoms with Crippen molar-refractivity contribution in [3.8, 4) is 0 Å². The van der Waals surface area contributed by atoms with Crippen LogP contribution in [0.3, 0.4) is 0 Å². The molecular formula is C18H28O3. The standard InChI is InChI=1S/C18H28O3/c1-5-6-7-8-9-14-20-21-17(19)15-10-12-16(13-11-15)18(2,3)4/h10-13H,5-9,14H2,1-4H3. The minimum atomic E-state index is -0.427. The number of hydrogen-bond donors (Lipinski definition) is 0. The van der Waals surface area contributed by atoms with Crippen LogP contribution in [0.5, 0.6) is 0 Å². The molecule has 118 valence electrons. The van der Waals surface area contributed by atoms with Crippen molar-refractivity contribution in [2.75, 3.05) is 6.61 Å². The number of benzene rings is 1. The van der Waals surface area contributed by atoms with Gasteiger partial charge in [0.15, 0.2) is 0 Å². The number of rotatable bonds is 8. The third-order valence-electron chi connectivity index (χ3n) is 3.45. The van der Waals surface area contributed by atoms with E-state index in [2.05, 4.69) is 27.7 Å². The maximum atomic E-state index is 11.8. The quantitative estimate of drug-likeness (QED) is 0.382. The third-order valence-corrected chi connectivity index (χ3v) is 3.45. The smallest absolute Gasteiger partial charge is 0.293 e. The summed E-state index contributed by atoms with van der Waals surface area (Å²) in [4.78, 5) is 21.6. The van der Waals surface area contributed by atoms with Gasteiger partial charge in [0.05, 0.1) is 12.2 Å². The second-order valence-corrected chi connectivity index (χ2v) is 6.43. The third kappa shape index (κ3) is 6.76. The van der Waals surface area contributed by atoms with E-state index in [1.54, 1.807) is 12.1 Å². The van der Waals surface area contributed by atoms with E-state index in [4.69, 9.17) is 9.78 Å². The molecule has 0 atom stereocenters. The van der Waals surface area contributed by atoms with Crippen LogP contribution >= 0.6 is 0 Å². The fraction of sp³-hybridized carbons (Fsp3) is 0.611.